The minimum atomic E-state index is -0.189. The second kappa shape index (κ2) is 6.10. The van der Waals surface area contributed by atoms with Gasteiger partial charge in [-0.1, -0.05) is 0 Å². The van der Waals surface area contributed by atoms with Crippen LogP contribution in [0.3, 0.4) is 0 Å². The average molecular weight is 274 g/mol. The van der Waals surface area contributed by atoms with E-state index in [9.17, 15) is 4.79 Å². The van der Waals surface area contributed by atoms with Crippen molar-refractivity contribution in [1.29, 1.82) is 0 Å². The van der Waals surface area contributed by atoms with Crippen molar-refractivity contribution in [2.24, 2.45) is 7.05 Å². The molecule has 0 saturated carbocycles. The molecule has 0 radical (unpaired) electrons. The summed E-state index contributed by atoms with van der Waals surface area (Å²) in [4.78, 5) is 12.0. The lowest BCUT2D eigenvalue weighted by molar-refractivity contribution is 0.0950. The van der Waals surface area contributed by atoms with Crippen molar-refractivity contribution in [3.05, 3.63) is 41.7 Å². The Kier molecular flexibility index (Phi) is 4.24. The number of ether oxygens (including phenoxy) is 1. The van der Waals surface area contributed by atoms with E-state index in [4.69, 9.17) is 10.5 Å². The van der Waals surface area contributed by atoms with E-state index < -0.39 is 0 Å². The number of hydrogen-bond donors (Lipinski definition) is 2. The molecule has 2 aromatic rings. The van der Waals surface area contributed by atoms with Gasteiger partial charge < -0.3 is 15.8 Å². The van der Waals surface area contributed by atoms with Crippen LogP contribution < -0.4 is 15.8 Å². The van der Waals surface area contributed by atoms with E-state index in [0.717, 1.165) is 5.69 Å². The van der Waals surface area contributed by atoms with E-state index in [-0.39, 0.29) is 5.91 Å². The second-order valence-corrected chi connectivity index (χ2v) is 4.35. The summed E-state index contributed by atoms with van der Waals surface area (Å²) in [5.41, 5.74) is 7.60. The third-order valence-corrected chi connectivity index (χ3v) is 2.77. The highest BCUT2D eigenvalue weighted by atomic mass is 16.5. The topological polar surface area (TPSA) is 82.2 Å². The fourth-order valence-electron chi connectivity index (χ4n) is 1.81. The Bertz CT molecular complexity index is 607. The number of carbonyl (C=O) groups excluding carboxylic acids is 1. The van der Waals surface area contributed by atoms with E-state index >= 15 is 0 Å². The van der Waals surface area contributed by atoms with Crippen molar-refractivity contribution in [2.45, 2.75) is 13.5 Å². The van der Waals surface area contributed by atoms with Crippen LogP contribution in [-0.2, 0) is 13.6 Å². The number of hydrogen-bond acceptors (Lipinski definition) is 4. The summed E-state index contributed by atoms with van der Waals surface area (Å²) in [7, 11) is 1.83. The molecule has 6 nitrogen and oxygen atoms in total. The van der Waals surface area contributed by atoms with Gasteiger partial charge in [0.25, 0.3) is 5.91 Å². The summed E-state index contributed by atoms with van der Waals surface area (Å²) in [6.07, 6.45) is 1.83. The largest absolute Gasteiger partial charge is 0.492 e. The highest BCUT2D eigenvalue weighted by molar-refractivity contribution is 5.95. The van der Waals surface area contributed by atoms with E-state index in [2.05, 4.69) is 10.4 Å². The zero-order chi connectivity index (χ0) is 14.5. The van der Waals surface area contributed by atoms with Gasteiger partial charge in [0.2, 0.25) is 0 Å². The van der Waals surface area contributed by atoms with Gasteiger partial charge in [-0.25, -0.2) is 0 Å². The van der Waals surface area contributed by atoms with E-state index in [0.29, 0.717) is 30.2 Å². The van der Waals surface area contributed by atoms with Crippen LogP contribution in [0.5, 0.6) is 5.75 Å². The Morgan fingerprint density at radius 1 is 1.45 bits per heavy atom. The zero-order valence-electron chi connectivity index (χ0n) is 11.6. The molecule has 0 unspecified atom stereocenters. The molecule has 3 N–H and O–H groups in total. The van der Waals surface area contributed by atoms with Crippen LogP contribution in [0.2, 0.25) is 0 Å². The summed E-state index contributed by atoms with van der Waals surface area (Å²) < 4.78 is 7.02. The predicted molar refractivity (Wildman–Crippen MR) is 76.4 cm³/mol. The van der Waals surface area contributed by atoms with Crippen LogP contribution in [0.25, 0.3) is 0 Å². The van der Waals surface area contributed by atoms with Crippen LogP contribution in [0.4, 0.5) is 5.69 Å². The van der Waals surface area contributed by atoms with Gasteiger partial charge >= 0.3 is 0 Å². The molecule has 1 heterocycles. The third-order valence-electron chi connectivity index (χ3n) is 2.77. The highest BCUT2D eigenvalue weighted by Crippen LogP contribution is 2.22. The summed E-state index contributed by atoms with van der Waals surface area (Å²) in [6.45, 7) is 2.80. The van der Waals surface area contributed by atoms with Gasteiger partial charge in [-0.2, -0.15) is 5.10 Å². The van der Waals surface area contributed by atoms with Crippen molar-refractivity contribution in [1.82, 2.24) is 15.1 Å². The number of rotatable bonds is 5. The summed E-state index contributed by atoms with van der Waals surface area (Å²) in [6, 6.07) is 6.86. The molecule has 0 saturated heterocycles. The molecule has 0 bridgehead atoms. The number of aryl methyl sites for hydroxylation is 1. The number of anilines is 1. The molecule has 0 aliphatic heterocycles. The molecule has 6 heteroatoms. The first-order valence-corrected chi connectivity index (χ1v) is 6.39. The van der Waals surface area contributed by atoms with Gasteiger partial charge in [0, 0.05) is 18.8 Å². The number of benzene rings is 1. The SMILES string of the molecule is CCOc1ccc(C(=O)NCc2ccn(C)n2)cc1N. The van der Waals surface area contributed by atoms with Crippen molar-refractivity contribution >= 4 is 11.6 Å². The number of nitrogen functional groups attached to an aromatic ring is 1. The summed E-state index contributed by atoms with van der Waals surface area (Å²) in [5.74, 6) is 0.402. The first kappa shape index (κ1) is 13.9. The number of nitrogens with one attached hydrogen (secondary N) is 1. The van der Waals surface area contributed by atoms with Gasteiger partial charge in [0.1, 0.15) is 5.75 Å². The molecule has 2 rings (SSSR count). The van der Waals surface area contributed by atoms with Crippen molar-refractivity contribution < 1.29 is 9.53 Å². The average Bonchev–Trinajstić information content (AvgIpc) is 2.84. The Hall–Kier alpha value is -2.50. The van der Waals surface area contributed by atoms with E-state index in [1.807, 2.05) is 26.2 Å². The summed E-state index contributed by atoms with van der Waals surface area (Å²) >= 11 is 0. The lowest BCUT2D eigenvalue weighted by atomic mass is 10.1. The standard InChI is InChI=1S/C14H18N4O2/c1-3-20-13-5-4-10(8-12(13)15)14(19)16-9-11-6-7-18(2)17-11/h4-8H,3,9,15H2,1-2H3,(H,16,19). The van der Waals surface area contributed by atoms with E-state index in [1.165, 1.54) is 0 Å². The number of amides is 1. The second-order valence-electron chi connectivity index (χ2n) is 4.35. The molecule has 1 aromatic heterocycles. The summed E-state index contributed by atoms with van der Waals surface area (Å²) in [5, 5.41) is 6.99. The first-order chi connectivity index (χ1) is 9.60. The molecule has 0 fully saturated rings. The Morgan fingerprint density at radius 2 is 2.25 bits per heavy atom. The highest BCUT2D eigenvalue weighted by Gasteiger charge is 2.09. The molecular weight excluding hydrogens is 256 g/mol. The fourth-order valence-corrected chi connectivity index (χ4v) is 1.81. The smallest absolute Gasteiger partial charge is 0.251 e. The third kappa shape index (κ3) is 3.28. The molecule has 0 aliphatic carbocycles. The molecule has 106 valence electrons. The van der Waals surface area contributed by atoms with Crippen LogP contribution in [0, 0.1) is 0 Å². The Labute approximate surface area is 117 Å². The van der Waals surface area contributed by atoms with Gasteiger partial charge in [-0.05, 0) is 31.2 Å². The molecular formula is C14H18N4O2. The fraction of sp³-hybridized carbons (Fsp3) is 0.286. The van der Waals surface area contributed by atoms with Crippen LogP contribution in [0.1, 0.15) is 23.0 Å². The van der Waals surface area contributed by atoms with Gasteiger partial charge in [0.05, 0.1) is 24.5 Å². The molecule has 0 aliphatic rings. The van der Waals surface area contributed by atoms with Crippen LogP contribution in [0.15, 0.2) is 30.5 Å². The quantitative estimate of drug-likeness (QED) is 0.806. The lowest BCUT2D eigenvalue weighted by Crippen LogP contribution is -2.23. The minimum Gasteiger partial charge on any atom is -0.492 e. The normalized spacial score (nSPS) is 10.3. The minimum absolute atomic E-state index is 0.189. The maximum atomic E-state index is 12.0. The van der Waals surface area contributed by atoms with Gasteiger partial charge in [-0.3, -0.25) is 9.48 Å². The van der Waals surface area contributed by atoms with E-state index in [1.54, 1.807) is 22.9 Å². The zero-order valence-corrected chi connectivity index (χ0v) is 11.6. The molecule has 1 amide bonds. The Morgan fingerprint density at radius 3 is 2.85 bits per heavy atom. The number of carbonyl (C=O) groups is 1. The van der Waals surface area contributed by atoms with Crippen molar-refractivity contribution in [3.63, 3.8) is 0 Å². The molecule has 0 atom stereocenters. The van der Waals surface area contributed by atoms with Crippen LogP contribution in [-0.4, -0.2) is 22.3 Å². The molecule has 20 heavy (non-hydrogen) atoms. The number of nitrogens with two attached hydrogens (primary N) is 1. The molecule has 1 aromatic carbocycles. The Balaban J connectivity index is 2.00. The monoisotopic (exact) mass is 274 g/mol. The maximum absolute atomic E-state index is 12.0. The van der Waals surface area contributed by atoms with Crippen LogP contribution >= 0.6 is 0 Å². The first-order valence-electron chi connectivity index (χ1n) is 6.39. The number of nitrogens with zero attached hydrogens (tertiary/aromatic N) is 2. The molecule has 0 spiro atoms. The van der Waals surface area contributed by atoms with Gasteiger partial charge in [0.15, 0.2) is 0 Å². The predicted octanol–water partition coefficient (Wildman–Crippen LogP) is 1.33. The van der Waals surface area contributed by atoms with Crippen molar-refractivity contribution in [2.75, 3.05) is 12.3 Å². The van der Waals surface area contributed by atoms with Crippen molar-refractivity contribution in [3.8, 4) is 5.75 Å². The maximum Gasteiger partial charge on any atom is 0.251 e. The number of aromatic nitrogens is 2. The lowest BCUT2D eigenvalue weighted by Gasteiger charge is -2.09. The van der Waals surface area contributed by atoms with Gasteiger partial charge in [-0.15, -0.1) is 0 Å².